The Bertz CT molecular complexity index is 907. The number of methoxy groups -OCH3 is 2. The third-order valence-corrected chi connectivity index (χ3v) is 5.48. The Labute approximate surface area is 152 Å². The second-order valence-corrected chi connectivity index (χ2v) is 7.59. The molecule has 0 aliphatic heterocycles. The van der Waals surface area contributed by atoms with Gasteiger partial charge in [0.25, 0.3) is 10.0 Å². The zero-order valence-corrected chi connectivity index (χ0v) is 15.8. The molecule has 0 saturated carbocycles. The Morgan fingerprint density at radius 2 is 1.69 bits per heavy atom. The fraction of sp³-hybridized carbons (Fsp3) is 0.278. The first-order chi connectivity index (χ1) is 12.2. The topological polar surface area (TPSA) is 72.9 Å². The van der Waals surface area contributed by atoms with Crippen LogP contribution in [0.25, 0.3) is 0 Å². The normalized spacial score (nSPS) is 11.1. The number of aryl methyl sites for hydroxylation is 2. The van der Waals surface area contributed by atoms with Gasteiger partial charge in [-0.25, -0.2) is 12.8 Å². The number of rotatable bonds is 6. The standard InChI is InChI=1S/C18H20FNO5S/c1-12-7-13(2)9-14(8-12)20(11-18(21)25-4)26(22,23)15-5-6-17(24-3)16(19)10-15/h5-10H,11H2,1-4H3. The van der Waals surface area contributed by atoms with E-state index in [2.05, 4.69) is 4.74 Å². The molecule has 0 spiro atoms. The van der Waals surface area contributed by atoms with E-state index in [0.29, 0.717) is 5.69 Å². The Morgan fingerprint density at radius 1 is 1.08 bits per heavy atom. The summed E-state index contributed by atoms with van der Waals surface area (Å²) >= 11 is 0. The smallest absolute Gasteiger partial charge is 0.326 e. The number of carbonyl (C=O) groups is 1. The quantitative estimate of drug-likeness (QED) is 0.720. The van der Waals surface area contributed by atoms with E-state index in [1.54, 1.807) is 12.1 Å². The molecule has 140 valence electrons. The number of sulfonamides is 1. The van der Waals surface area contributed by atoms with Gasteiger partial charge in [0.05, 0.1) is 24.8 Å². The van der Waals surface area contributed by atoms with Crippen molar-refractivity contribution >= 4 is 21.7 Å². The highest BCUT2D eigenvalue weighted by Gasteiger charge is 2.28. The zero-order valence-electron chi connectivity index (χ0n) is 14.9. The molecule has 26 heavy (non-hydrogen) atoms. The van der Waals surface area contributed by atoms with Crippen LogP contribution in [0.4, 0.5) is 10.1 Å². The van der Waals surface area contributed by atoms with Gasteiger partial charge in [-0.2, -0.15) is 0 Å². The van der Waals surface area contributed by atoms with E-state index >= 15 is 0 Å². The molecule has 0 aromatic heterocycles. The highest BCUT2D eigenvalue weighted by atomic mass is 32.2. The maximum absolute atomic E-state index is 14.0. The van der Waals surface area contributed by atoms with Crippen LogP contribution >= 0.6 is 0 Å². The maximum Gasteiger partial charge on any atom is 0.326 e. The third kappa shape index (κ3) is 4.13. The molecule has 0 heterocycles. The summed E-state index contributed by atoms with van der Waals surface area (Å²) in [5.74, 6) is -1.62. The Morgan fingerprint density at radius 3 is 2.19 bits per heavy atom. The van der Waals surface area contributed by atoms with Crippen molar-refractivity contribution < 1.29 is 27.1 Å². The minimum atomic E-state index is -4.20. The minimum absolute atomic E-state index is 0.0742. The number of nitrogens with zero attached hydrogens (tertiary/aromatic N) is 1. The van der Waals surface area contributed by atoms with E-state index in [9.17, 15) is 17.6 Å². The highest BCUT2D eigenvalue weighted by molar-refractivity contribution is 7.92. The number of hydrogen-bond acceptors (Lipinski definition) is 5. The molecule has 0 unspecified atom stereocenters. The van der Waals surface area contributed by atoms with Gasteiger partial charge < -0.3 is 9.47 Å². The lowest BCUT2D eigenvalue weighted by atomic mass is 10.1. The molecule has 2 aromatic rings. The number of benzene rings is 2. The van der Waals surface area contributed by atoms with Gasteiger partial charge in [0.15, 0.2) is 11.6 Å². The highest BCUT2D eigenvalue weighted by Crippen LogP contribution is 2.28. The van der Waals surface area contributed by atoms with Gasteiger partial charge in [0, 0.05) is 0 Å². The zero-order chi connectivity index (χ0) is 19.5. The molecule has 6 nitrogen and oxygen atoms in total. The van der Waals surface area contributed by atoms with Crippen molar-refractivity contribution in [3.63, 3.8) is 0 Å². The van der Waals surface area contributed by atoms with Gasteiger partial charge in [-0.1, -0.05) is 6.07 Å². The number of ether oxygens (including phenoxy) is 2. The number of hydrogen-bond donors (Lipinski definition) is 0. The van der Waals surface area contributed by atoms with E-state index in [1.165, 1.54) is 26.4 Å². The fourth-order valence-corrected chi connectivity index (χ4v) is 3.93. The van der Waals surface area contributed by atoms with Crippen molar-refractivity contribution in [3.8, 4) is 5.75 Å². The van der Waals surface area contributed by atoms with Gasteiger partial charge in [-0.3, -0.25) is 9.10 Å². The van der Waals surface area contributed by atoms with Crippen LogP contribution < -0.4 is 9.04 Å². The van der Waals surface area contributed by atoms with Crippen LogP contribution in [0.3, 0.4) is 0 Å². The van der Waals surface area contributed by atoms with Gasteiger partial charge in [-0.05, 0) is 55.3 Å². The minimum Gasteiger partial charge on any atom is -0.494 e. The molecular formula is C18H20FNO5S. The van der Waals surface area contributed by atoms with Crippen LogP contribution in [-0.2, 0) is 19.6 Å². The van der Waals surface area contributed by atoms with Crippen molar-refractivity contribution in [3.05, 3.63) is 53.3 Å². The summed E-state index contributed by atoms with van der Waals surface area (Å²) in [7, 11) is -1.75. The molecule has 0 saturated heterocycles. The monoisotopic (exact) mass is 381 g/mol. The number of esters is 1. The molecule has 0 fully saturated rings. The van der Waals surface area contributed by atoms with Crippen molar-refractivity contribution in [2.24, 2.45) is 0 Å². The summed E-state index contributed by atoms with van der Waals surface area (Å²) in [6, 6.07) is 8.45. The SMILES string of the molecule is COC(=O)CN(c1cc(C)cc(C)c1)S(=O)(=O)c1ccc(OC)c(F)c1. The van der Waals surface area contributed by atoms with E-state index in [0.717, 1.165) is 21.5 Å². The first-order valence-corrected chi connectivity index (χ1v) is 9.14. The van der Waals surface area contributed by atoms with Crippen LogP contribution in [0, 0.1) is 19.7 Å². The molecule has 0 aliphatic rings. The first kappa shape index (κ1) is 19.7. The van der Waals surface area contributed by atoms with Crippen LogP contribution in [-0.4, -0.2) is 35.2 Å². The molecule has 0 N–H and O–H groups in total. The molecule has 2 aromatic carbocycles. The first-order valence-electron chi connectivity index (χ1n) is 7.70. The second kappa shape index (κ2) is 7.74. The van der Waals surface area contributed by atoms with Crippen molar-refractivity contribution in [2.75, 3.05) is 25.1 Å². The lowest BCUT2D eigenvalue weighted by Gasteiger charge is -2.24. The van der Waals surface area contributed by atoms with Crippen LogP contribution in [0.1, 0.15) is 11.1 Å². The average molecular weight is 381 g/mol. The molecule has 0 amide bonds. The Balaban J connectivity index is 2.59. The van der Waals surface area contributed by atoms with E-state index in [4.69, 9.17) is 4.74 Å². The predicted octanol–water partition coefficient (Wildman–Crippen LogP) is 2.82. The summed E-state index contributed by atoms with van der Waals surface area (Å²) in [5, 5.41) is 0. The number of carbonyl (C=O) groups excluding carboxylic acids is 1. The molecule has 2 rings (SSSR count). The average Bonchev–Trinajstić information content (AvgIpc) is 2.58. The van der Waals surface area contributed by atoms with Crippen molar-refractivity contribution in [2.45, 2.75) is 18.7 Å². The molecule has 0 bridgehead atoms. The van der Waals surface area contributed by atoms with Gasteiger partial charge >= 0.3 is 5.97 Å². The summed E-state index contributed by atoms with van der Waals surface area (Å²) in [4.78, 5) is 11.5. The number of anilines is 1. The third-order valence-electron chi connectivity index (χ3n) is 3.71. The van der Waals surface area contributed by atoms with E-state index < -0.39 is 28.4 Å². The van der Waals surface area contributed by atoms with E-state index in [-0.39, 0.29) is 10.6 Å². The van der Waals surface area contributed by atoms with Crippen LogP contribution in [0.2, 0.25) is 0 Å². The number of halogens is 1. The van der Waals surface area contributed by atoms with Gasteiger partial charge in [0.1, 0.15) is 6.54 Å². The van der Waals surface area contributed by atoms with Crippen molar-refractivity contribution in [1.82, 2.24) is 0 Å². The second-order valence-electron chi connectivity index (χ2n) is 5.73. The van der Waals surface area contributed by atoms with Crippen LogP contribution in [0.5, 0.6) is 5.75 Å². The predicted molar refractivity (Wildman–Crippen MR) is 95.4 cm³/mol. The Hall–Kier alpha value is -2.61. The molecular weight excluding hydrogens is 361 g/mol. The molecule has 8 heteroatoms. The molecule has 0 atom stereocenters. The van der Waals surface area contributed by atoms with Crippen molar-refractivity contribution in [1.29, 1.82) is 0 Å². The lowest BCUT2D eigenvalue weighted by Crippen LogP contribution is -2.36. The Kier molecular flexibility index (Phi) is 5.86. The molecule has 0 radical (unpaired) electrons. The fourth-order valence-electron chi connectivity index (χ4n) is 2.53. The van der Waals surface area contributed by atoms with Gasteiger partial charge in [-0.15, -0.1) is 0 Å². The largest absolute Gasteiger partial charge is 0.494 e. The van der Waals surface area contributed by atoms with E-state index in [1.807, 2.05) is 19.9 Å². The van der Waals surface area contributed by atoms with Crippen LogP contribution in [0.15, 0.2) is 41.3 Å². The summed E-state index contributed by atoms with van der Waals surface area (Å²) in [6.07, 6.45) is 0. The maximum atomic E-state index is 14.0. The summed E-state index contributed by atoms with van der Waals surface area (Å²) in [5.41, 5.74) is 1.95. The lowest BCUT2D eigenvalue weighted by molar-refractivity contribution is -0.138. The molecule has 0 aliphatic carbocycles. The summed E-state index contributed by atoms with van der Waals surface area (Å²) in [6.45, 7) is 3.09. The van der Waals surface area contributed by atoms with Gasteiger partial charge in [0.2, 0.25) is 0 Å². The summed E-state index contributed by atoms with van der Waals surface area (Å²) < 4.78 is 50.5.